The van der Waals surface area contributed by atoms with E-state index < -0.39 is 5.91 Å². The summed E-state index contributed by atoms with van der Waals surface area (Å²) in [5.41, 5.74) is 8.15. The highest BCUT2D eigenvalue weighted by atomic mass is 35.5. The first-order valence-electron chi connectivity index (χ1n) is 10.4. The molecule has 0 radical (unpaired) electrons. The number of hydrazone groups is 1. The third kappa shape index (κ3) is 5.49. The van der Waals surface area contributed by atoms with Crippen molar-refractivity contribution in [3.05, 3.63) is 94.5 Å². The number of hydrogen-bond donors (Lipinski definition) is 2. The zero-order valence-corrected chi connectivity index (χ0v) is 19.0. The van der Waals surface area contributed by atoms with Crippen LogP contribution >= 0.6 is 11.6 Å². The lowest BCUT2D eigenvalue weighted by atomic mass is 10.0. The minimum Gasteiger partial charge on any atom is -0.466 e. The van der Waals surface area contributed by atoms with Crippen molar-refractivity contribution in [1.29, 1.82) is 5.26 Å². The number of ether oxygens (including phenoxy) is 1. The summed E-state index contributed by atoms with van der Waals surface area (Å²) in [6.45, 7) is 1.74. The Labute approximate surface area is 201 Å². The van der Waals surface area contributed by atoms with Crippen LogP contribution < -0.4 is 10.2 Å². The van der Waals surface area contributed by atoms with E-state index in [2.05, 4.69) is 20.7 Å². The second-order valence-corrected chi connectivity index (χ2v) is 7.90. The highest BCUT2D eigenvalue weighted by Crippen LogP contribution is 2.37. The molecule has 4 rings (SSSR count). The van der Waals surface area contributed by atoms with Crippen LogP contribution in [0.2, 0.25) is 5.02 Å². The van der Waals surface area contributed by atoms with E-state index in [1.165, 1.54) is 6.21 Å². The van der Waals surface area contributed by atoms with Crippen molar-refractivity contribution in [2.45, 2.75) is 6.92 Å². The number of nitrogens with one attached hydrogen (secondary N) is 2. The van der Waals surface area contributed by atoms with Crippen molar-refractivity contribution < 1.29 is 9.53 Å². The van der Waals surface area contributed by atoms with Gasteiger partial charge in [0.1, 0.15) is 0 Å². The number of aromatic amines is 1. The topological polar surface area (TPSA) is 103 Å². The van der Waals surface area contributed by atoms with Crippen molar-refractivity contribution in [3.63, 3.8) is 0 Å². The van der Waals surface area contributed by atoms with E-state index in [0.717, 1.165) is 33.5 Å². The van der Waals surface area contributed by atoms with Gasteiger partial charge in [-0.05, 0) is 42.3 Å². The Morgan fingerprint density at radius 2 is 1.76 bits per heavy atom. The smallest absolute Gasteiger partial charge is 0.278 e. The largest absolute Gasteiger partial charge is 0.466 e. The molecule has 1 heterocycles. The quantitative estimate of drug-likeness (QED) is 0.290. The van der Waals surface area contributed by atoms with Gasteiger partial charge in [0.2, 0.25) is 5.88 Å². The number of aryl methyl sites for hydroxylation is 1. The van der Waals surface area contributed by atoms with Crippen molar-refractivity contribution >= 4 is 23.7 Å². The van der Waals surface area contributed by atoms with Gasteiger partial charge in [-0.1, -0.05) is 65.7 Å². The van der Waals surface area contributed by atoms with Crippen LogP contribution in [0.3, 0.4) is 0 Å². The third-order valence-electron chi connectivity index (χ3n) is 4.99. The molecule has 1 aromatic heterocycles. The molecule has 168 valence electrons. The number of hydrogen-bond acceptors (Lipinski definition) is 5. The second-order valence-electron chi connectivity index (χ2n) is 7.47. The molecule has 4 aromatic rings. The molecule has 1 amide bonds. The number of aromatic nitrogens is 2. The van der Waals surface area contributed by atoms with Gasteiger partial charge in [-0.2, -0.15) is 10.4 Å². The summed E-state index contributed by atoms with van der Waals surface area (Å²) >= 11 is 6.04. The Morgan fingerprint density at radius 3 is 2.44 bits per heavy atom. The van der Waals surface area contributed by atoms with Gasteiger partial charge < -0.3 is 4.74 Å². The lowest BCUT2D eigenvalue weighted by molar-refractivity contribution is -0.123. The van der Waals surface area contributed by atoms with Gasteiger partial charge in [0.05, 0.1) is 29.1 Å². The van der Waals surface area contributed by atoms with E-state index in [1.807, 2.05) is 49.4 Å². The molecule has 0 aliphatic heterocycles. The molecule has 3 aromatic carbocycles. The van der Waals surface area contributed by atoms with Gasteiger partial charge in [0.15, 0.2) is 6.61 Å². The van der Waals surface area contributed by atoms with Crippen molar-refractivity contribution in [2.75, 3.05) is 6.61 Å². The molecule has 0 atom stereocenters. The zero-order chi connectivity index (χ0) is 23.9. The normalized spacial score (nSPS) is 10.7. The van der Waals surface area contributed by atoms with Gasteiger partial charge >= 0.3 is 0 Å². The van der Waals surface area contributed by atoms with Crippen LogP contribution in [-0.2, 0) is 4.79 Å². The fraction of sp³-hybridized carbons (Fsp3) is 0.0769. The molecular weight excluding hydrogens is 450 g/mol. The van der Waals surface area contributed by atoms with E-state index in [4.69, 9.17) is 21.6 Å². The molecule has 0 unspecified atom stereocenters. The Morgan fingerprint density at radius 1 is 1.09 bits per heavy atom. The van der Waals surface area contributed by atoms with E-state index in [9.17, 15) is 4.79 Å². The molecule has 0 fully saturated rings. The minimum absolute atomic E-state index is 0.269. The average Bonchev–Trinajstić information content (AvgIpc) is 3.28. The fourth-order valence-corrected chi connectivity index (χ4v) is 3.36. The summed E-state index contributed by atoms with van der Waals surface area (Å²) in [7, 11) is 0. The number of H-pyrrole nitrogens is 1. The van der Waals surface area contributed by atoms with Gasteiger partial charge in [0, 0.05) is 10.6 Å². The van der Waals surface area contributed by atoms with Crippen LogP contribution in [0.4, 0.5) is 0 Å². The third-order valence-corrected chi connectivity index (χ3v) is 5.24. The van der Waals surface area contributed by atoms with E-state index in [0.29, 0.717) is 16.5 Å². The Kier molecular flexibility index (Phi) is 7.01. The lowest BCUT2D eigenvalue weighted by Gasteiger charge is -2.08. The highest BCUT2D eigenvalue weighted by molar-refractivity contribution is 6.30. The summed E-state index contributed by atoms with van der Waals surface area (Å²) in [6, 6.07) is 24.2. The first kappa shape index (κ1) is 22.8. The monoisotopic (exact) mass is 469 g/mol. The molecule has 0 spiro atoms. The van der Waals surface area contributed by atoms with Crippen LogP contribution in [0.25, 0.3) is 22.4 Å². The Hall–Kier alpha value is -4.41. The number of nitrogens with zero attached hydrogens (tertiary/aromatic N) is 3. The van der Waals surface area contributed by atoms with Gasteiger partial charge in [-0.25, -0.2) is 5.43 Å². The molecule has 0 aliphatic carbocycles. The molecule has 0 aliphatic rings. The molecule has 7 nitrogen and oxygen atoms in total. The summed E-state index contributed by atoms with van der Waals surface area (Å²) in [4.78, 5) is 12.3. The minimum atomic E-state index is -0.434. The van der Waals surface area contributed by atoms with E-state index in [-0.39, 0.29) is 6.61 Å². The molecule has 0 bridgehead atoms. The molecule has 0 saturated heterocycles. The van der Waals surface area contributed by atoms with Crippen LogP contribution in [0.1, 0.15) is 16.7 Å². The Bertz CT molecular complexity index is 1350. The summed E-state index contributed by atoms with van der Waals surface area (Å²) < 4.78 is 5.75. The number of benzene rings is 3. The molecule has 34 heavy (non-hydrogen) atoms. The van der Waals surface area contributed by atoms with Crippen molar-refractivity contribution in [1.82, 2.24) is 15.6 Å². The maximum Gasteiger partial charge on any atom is 0.278 e. The summed E-state index contributed by atoms with van der Waals surface area (Å²) in [5.74, 6) is -0.129. The number of nitriles is 1. The molecule has 0 saturated carbocycles. The number of carbonyl (C=O) groups excluding carboxylic acids is 1. The number of carbonyl (C=O) groups is 1. The molecular formula is C26H20ClN5O2. The maximum atomic E-state index is 12.3. The maximum absolute atomic E-state index is 12.3. The van der Waals surface area contributed by atoms with Crippen molar-refractivity contribution in [3.8, 4) is 34.3 Å². The molecule has 8 heteroatoms. The van der Waals surface area contributed by atoms with Gasteiger partial charge in [-0.15, -0.1) is 5.10 Å². The van der Waals surface area contributed by atoms with Crippen LogP contribution in [0.15, 0.2) is 77.9 Å². The van der Waals surface area contributed by atoms with Crippen LogP contribution in [0.5, 0.6) is 5.88 Å². The number of amides is 1. The predicted molar refractivity (Wildman–Crippen MR) is 132 cm³/mol. The zero-order valence-electron chi connectivity index (χ0n) is 18.2. The van der Waals surface area contributed by atoms with Gasteiger partial charge in [0.25, 0.3) is 5.91 Å². The second kappa shape index (κ2) is 10.5. The number of rotatable bonds is 7. The van der Waals surface area contributed by atoms with E-state index in [1.54, 1.807) is 36.4 Å². The fourth-order valence-electron chi connectivity index (χ4n) is 3.23. The molecule has 2 N–H and O–H groups in total. The van der Waals surface area contributed by atoms with Crippen molar-refractivity contribution in [2.24, 2.45) is 5.10 Å². The standard InChI is InChI=1S/C26H20ClN5O2/c1-17-2-8-20(9-3-17)24-25(21-10-12-22(27)13-11-21)31-32-26(24)34-16-23(33)30-29-15-19-6-4-18(14-28)5-7-19/h2-13,15H,16H2,1H3,(H,30,33)(H,31,32)/b29-15+. The predicted octanol–water partition coefficient (Wildman–Crippen LogP) is 5.11. The SMILES string of the molecule is Cc1ccc(-c2c(OCC(=O)N/N=C/c3ccc(C#N)cc3)n[nH]c2-c2ccc(Cl)cc2)cc1. The lowest BCUT2D eigenvalue weighted by Crippen LogP contribution is -2.24. The first-order valence-corrected chi connectivity index (χ1v) is 10.8. The highest BCUT2D eigenvalue weighted by Gasteiger charge is 2.19. The van der Waals surface area contributed by atoms with E-state index >= 15 is 0 Å². The Balaban J connectivity index is 1.49. The summed E-state index contributed by atoms with van der Waals surface area (Å²) in [6.07, 6.45) is 1.49. The number of halogens is 1. The van der Waals surface area contributed by atoms with Gasteiger partial charge in [-0.3, -0.25) is 9.89 Å². The summed E-state index contributed by atoms with van der Waals surface area (Å²) in [5, 5.41) is 20.7. The van der Waals surface area contributed by atoms with Crippen LogP contribution in [0, 0.1) is 18.3 Å². The van der Waals surface area contributed by atoms with Crippen LogP contribution in [-0.4, -0.2) is 28.9 Å². The first-order chi connectivity index (χ1) is 16.5. The average molecular weight is 470 g/mol.